The van der Waals surface area contributed by atoms with Crippen molar-refractivity contribution in [3.63, 3.8) is 0 Å². The van der Waals surface area contributed by atoms with Gasteiger partial charge in [0.25, 0.3) is 0 Å². The third-order valence-corrected chi connectivity index (χ3v) is 8.17. The van der Waals surface area contributed by atoms with Crippen molar-refractivity contribution in [2.45, 2.75) is 142 Å². The Hall–Kier alpha value is -3.23. The van der Waals surface area contributed by atoms with Gasteiger partial charge in [-0.05, 0) is 51.4 Å². The van der Waals surface area contributed by atoms with Gasteiger partial charge in [0.2, 0.25) is 0 Å². The molecule has 0 aliphatic heterocycles. The number of carbonyl (C=O) groups excluding carboxylic acids is 3. The minimum absolute atomic E-state index is 0.00616. The van der Waals surface area contributed by atoms with E-state index in [0.717, 1.165) is 64.2 Å². The lowest BCUT2D eigenvalue weighted by Crippen LogP contribution is -2.55. The minimum Gasteiger partial charge on any atom is -0.544 e. The van der Waals surface area contributed by atoms with Crippen LogP contribution in [0.15, 0.2) is 72.9 Å². The molecular formula is C43H71NO7. The van der Waals surface area contributed by atoms with Crippen LogP contribution in [0.1, 0.15) is 129 Å². The number of hydrogen-bond donors (Lipinski definition) is 0. The Morgan fingerprint density at radius 3 is 1.80 bits per heavy atom. The van der Waals surface area contributed by atoms with Crippen LogP contribution in [0.5, 0.6) is 0 Å². The summed E-state index contributed by atoms with van der Waals surface area (Å²) in [6.45, 7) is 4.36. The van der Waals surface area contributed by atoms with Crippen molar-refractivity contribution in [3.05, 3.63) is 72.9 Å². The van der Waals surface area contributed by atoms with Crippen LogP contribution in [-0.4, -0.2) is 75.5 Å². The molecule has 0 N–H and O–H groups in total. The number of likely N-dealkylation sites (N-methyl/N-ethyl adjacent to an activating group) is 1. The van der Waals surface area contributed by atoms with Gasteiger partial charge in [-0.3, -0.25) is 9.59 Å². The first kappa shape index (κ1) is 47.8. The number of carboxylic acids is 1. The first-order valence-electron chi connectivity index (χ1n) is 19.5. The largest absolute Gasteiger partial charge is 0.544 e. The normalized spacial score (nSPS) is 13.8. The minimum atomic E-state index is -1.14. The van der Waals surface area contributed by atoms with Gasteiger partial charge >= 0.3 is 11.9 Å². The average Bonchev–Trinajstić information content (AvgIpc) is 3.08. The van der Waals surface area contributed by atoms with E-state index >= 15 is 0 Å². The van der Waals surface area contributed by atoms with E-state index in [4.69, 9.17) is 14.2 Å². The SMILES string of the molecule is CC/C=C/C/C=C/C/C=C/CC(=O)OC(COCCC(C(=O)[O-])[N+](C)(C)C)COC(=O)CCCCCCC/C=C/C=C/C=C/CCCCCCC. The maximum absolute atomic E-state index is 12.5. The second kappa shape index (κ2) is 33.9. The molecule has 0 aromatic carbocycles. The number of unbranched alkanes of at least 4 members (excludes halogenated alkanes) is 10. The third kappa shape index (κ3) is 32.4. The molecule has 0 aromatic rings. The van der Waals surface area contributed by atoms with Crippen molar-refractivity contribution in [3.8, 4) is 0 Å². The molecule has 0 rings (SSSR count). The van der Waals surface area contributed by atoms with Crippen LogP contribution in [0.2, 0.25) is 0 Å². The van der Waals surface area contributed by atoms with Crippen molar-refractivity contribution >= 4 is 17.9 Å². The van der Waals surface area contributed by atoms with Gasteiger partial charge in [0.1, 0.15) is 12.6 Å². The number of allylic oxidation sites excluding steroid dienone is 11. The molecule has 0 fully saturated rings. The van der Waals surface area contributed by atoms with E-state index in [0.29, 0.717) is 6.42 Å². The highest BCUT2D eigenvalue weighted by atomic mass is 16.6. The molecule has 0 saturated carbocycles. The van der Waals surface area contributed by atoms with E-state index in [2.05, 4.69) is 68.5 Å². The van der Waals surface area contributed by atoms with Crippen molar-refractivity contribution in [1.82, 2.24) is 0 Å². The summed E-state index contributed by atoms with van der Waals surface area (Å²) < 4.78 is 16.9. The summed E-state index contributed by atoms with van der Waals surface area (Å²) in [6, 6.07) is -0.744. The van der Waals surface area contributed by atoms with E-state index in [9.17, 15) is 19.5 Å². The average molecular weight is 714 g/mol. The van der Waals surface area contributed by atoms with Crippen LogP contribution < -0.4 is 5.11 Å². The molecule has 0 spiro atoms. The first-order valence-corrected chi connectivity index (χ1v) is 19.5. The predicted molar refractivity (Wildman–Crippen MR) is 208 cm³/mol. The monoisotopic (exact) mass is 714 g/mol. The van der Waals surface area contributed by atoms with Gasteiger partial charge in [0.05, 0.1) is 46.7 Å². The summed E-state index contributed by atoms with van der Waals surface area (Å²) in [4.78, 5) is 36.5. The fraction of sp³-hybridized carbons (Fsp3) is 0.651. The highest BCUT2D eigenvalue weighted by molar-refractivity contribution is 5.71. The Kier molecular flexibility index (Phi) is 31.7. The Morgan fingerprint density at radius 2 is 1.22 bits per heavy atom. The molecule has 2 unspecified atom stereocenters. The molecule has 0 heterocycles. The maximum atomic E-state index is 12.5. The number of nitrogens with zero attached hydrogens (tertiary/aromatic N) is 1. The number of carboxylic acid groups (broad SMARTS) is 1. The van der Waals surface area contributed by atoms with Gasteiger partial charge in [-0.25, -0.2) is 0 Å². The summed E-state index contributed by atoms with van der Waals surface area (Å²) in [5.41, 5.74) is 0. The molecule has 2 atom stereocenters. The molecule has 0 aromatic heterocycles. The standard InChI is InChI=1S/C43H71NO7/c1-6-8-10-12-14-16-17-18-19-20-21-22-23-24-26-27-29-31-33-41(45)50-38-39(37-49-36-35-40(43(47)48)44(3,4)5)51-42(46)34-32-30-28-25-15-13-11-9-7-2/h9,11,15,17-22,25,30,32,39-40H,6-8,10,12-14,16,23-24,26-29,31,33-38H2,1-5H3/b11-9+,18-17+,20-19+,22-21+,25-15+,32-30+. The molecule has 0 radical (unpaired) electrons. The molecule has 51 heavy (non-hydrogen) atoms. The number of ether oxygens (including phenoxy) is 3. The highest BCUT2D eigenvalue weighted by Gasteiger charge is 2.25. The van der Waals surface area contributed by atoms with Crippen LogP contribution in [0.3, 0.4) is 0 Å². The molecule has 0 saturated heterocycles. The van der Waals surface area contributed by atoms with Gasteiger partial charge in [-0.1, -0.05) is 132 Å². The van der Waals surface area contributed by atoms with Gasteiger partial charge in [0.15, 0.2) is 6.10 Å². The topological polar surface area (TPSA) is 102 Å². The highest BCUT2D eigenvalue weighted by Crippen LogP contribution is 2.11. The van der Waals surface area contributed by atoms with Crippen LogP contribution in [-0.2, 0) is 28.6 Å². The van der Waals surface area contributed by atoms with E-state index < -0.39 is 24.1 Å². The van der Waals surface area contributed by atoms with Crippen molar-refractivity contribution in [2.75, 3.05) is 41.0 Å². The van der Waals surface area contributed by atoms with Crippen LogP contribution >= 0.6 is 0 Å². The molecule has 0 amide bonds. The second-order valence-electron chi connectivity index (χ2n) is 13.9. The fourth-order valence-corrected chi connectivity index (χ4v) is 5.13. The van der Waals surface area contributed by atoms with E-state index in [1.807, 2.05) is 12.2 Å². The number of carbonyl (C=O) groups is 3. The molecule has 0 aliphatic rings. The fourth-order valence-electron chi connectivity index (χ4n) is 5.13. The van der Waals surface area contributed by atoms with Crippen LogP contribution in [0, 0.1) is 0 Å². The second-order valence-corrected chi connectivity index (χ2v) is 13.9. The summed E-state index contributed by atoms with van der Waals surface area (Å²) in [5, 5.41) is 11.6. The van der Waals surface area contributed by atoms with Gasteiger partial charge in [0, 0.05) is 12.8 Å². The predicted octanol–water partition coefficient (Wildman–Crippen LogP) is 8.68. The number of esters is 2. The van der Waals surface area contributed by atoms with Crippen molar-refractivity contribution < 1.29 is 38.2 Å². The molecule has 0 bridgehead atoms. The summed E-state index contributed by atoms with van der Waals surface area (Å²) in [5.74, 6) is -1.93. The Balaban J connectivity index is 4.47. The number of rotatable bonds is 33. The number of aliphatic carboxylic acids is 1. The van der Waals surface area contributed by atoms with Gasteiger partial charge < -0.3 is 28.6 Å². The zero-order chi connectivity index (χ0) is 37.8. The zero-order valence-electron chi connectivity index (χ0n) is 32.7. The number of hydrogen-bond acceptors (Lipinski definition) is 7. The quantitative estimate of drug-likeness (QED) is 0.0221. The maximum Gasteiger partial charge on any atom is 0.310 e. The van der Waals surface area contributed by atoms with Crippen LogP contribution in [0.4, 0.5) is 0 Å². The van der Waals surface area contributed by atoms with Crippen molar-refractivity contribution in [1.29, 1.82) is 0 Å². The summed E-state index contributed by atoms with van der Waals surface area (Å²) >= 11 is 0. The summed E-state index contributed by atoms with van der Waals surface area (Å²) in [7, 11) is 5.35. The molecule has 8 heteroatoms. The molecular weight excluding hydrogens is 642 g/mol. The Labute approximate surface area is 311 Å². The zero-order valence-corrected chi connectivity index (χ0v) is 32.7. The molecule has 290 valence electrons. The summed E-state index contributed by atoms with van der Waals surface area (Å²) in [6.07, 6.45) is 41.1. The lowest BCUT2D eigenvalue weighted by Gasteiger charge is -2.34. The van der Waals surface area contributed by atoms with Gasteiger partial charge in [-0.2, -0.15) is 0 Å². The number of quaternary nitrogens is 1. The van der Waals surface area contributed by atoms with Crippen molar-refractivity contribution in [2.24, 2.45) is 0 Å². The van der Waals surface area contributed by atoms with E-state index in [-0.39, 0.29) is 43.1 Å². The first-order chi connectivity index (χ1) is 24.6. The Morgan fingerprint density at radius 1 is 0.647 bits per heavy atom. The molecule has 8 nitrogen and oxygen atoms in total. The lowest BCUT2D eigenvalue weighted by atomic mass is 10.1. The van der Waals surface area contributed by atoms with E-state index in [1.54, 1.807) is 27.2 Å². The smallest absolute Gasteiger partial charge is 0.310 e. The third-order valence-electron chi connectivity index (χ3n) is 8.17. The molecule has 0 aliphatic carbocycles. The van der Waals surface area contributed by atoms with Crippen LogP contribution in [0.25, 0.3) is 0 Å². The van der Waals surface area contributed by atoms with E-state index in [1.165, 1.54) is 32.1 Å². The van der Waals surface area contributed by atoms with Gasteiger partial charge in [-0.15, -0.1) is 0 Å². The lowest BCUT2D eigenvalue weighted by molar-refractivity contribution is -0.889. The Bertz CT molecular complexity index is 1060.